The molecular formula is C14H15BrFN3OS. The van der Waals surface area contributed by atoms with Crippen LogP contribution in [0, 0.1) is 5.82 Å². The second kappa shape index (κ2) is 7.51. The van der Waals surface area contributed by atoms with Gasteiger partial charge in [0, 0.05) is 17.6 Å². The molecule has 0 aliphatic rings. The average Bonchev–Trinajstić information content (AvgIpc) is 2.89. The van der Waals surface area contributed by atoms with Gasteiger partial charge < -0.3 is 10.6 Å². The molecule has 0 saturated carbocycles. The largest absolute Gasteiger partial charge is 0.368 e. The van der Waals surface area contributed by atoms with Crippen molar-refractivity contribution in [3.63, 3.8) is 0 Å². The highest BCUT2D eigenvalue weighted by atomic mass is 79.9. The third-order valence-electron chi connectivity index (χ3n) is 2.73. The van der Waals surface area contributed by atoms with Gasteiger partial charge in [0.1, 0.15) is 0 Å². The maximum Gasteiger partial charge on any atom is 0.254 e. The van der Waals surface area contributed by atoms with Gasteiger partial charge in [0.25, 0.3) is 5.91 Å². The Hall–Kier alpha value is -1.47. The van der Waals surface area contributed by atoms with Crippen LogP contribution in [-0.2, 0) is 6.54 Å². The monoisotopic (exact) mass is 371 g/mol. The van der Waals surface area contributed by atoms with E-state index in [2.05, 4.69) is 31.5 Å². The molecule has 2 heterocycles. The molecule has 1 amide bonds. The third kappa shape index (κ3) is 4.25. The summed E-state index contributed by atoms with van der Waals surface area (Å²) in [7, 11) is 0. The second-order valence-corrected chi connectivity index (χ2v) is 6.88. The minimum Gasteiger partial charge on any atom is -0.368 e. The van der Waals surface area contributed by atoms with Gasteiger partial charge in [-0.05, 0) is 40.5 Å². The standard InChI is InChI=1S/C14H15BrFN3OS/c1-2-6-17-13-12(16)10(5-7-18-13)14(20)19-8-9-3-4-11(15)21-9/h3-5,7H,2,6,8H2,1H3,(H,17,18)(H,19,20). The zero-order valence-electron chi connectivity index (χ0n) is 11.5. The number of amides is 1. The molecule has 0 fully saturated rings. The van der Waals surface area contributed by atoms with Gasteiger partial charge in [-0.3, -0.25) is 4.79 Å². The Bertz CT molecular complexity index is 632. The Kier molecular flexibility index (Phi) is 5.69. The summed E-state index contributed by atoms with van der Waals surface area (Å²) in [6.07, 6.45) is 2.28. The van der Waals surface area contributed by atoms with Crippen LogP contribution in [0.15, 0.2) is 28.2 Å². The van der Waals surface area contributed by atoms with E-state index in [1.54, 1.807) is 0 Å². The number of carbonyl (C=O) groups excluding carboxylic acids is 1. The summed E-state index contributed by atoms with van der Waals surface area (Å²) in [5, 5.41) is 5.57. The Labute approximate surface area is 134 Å². The summed E-state index contributed by atoms with van der Waals surface area (Å²) >= 11 is 4.89. The zero-order chi connectivity index (χ0) is 15.2. The smallest absolute Gasteiger partial charge is 0.254 e. The Morgan fingerprint density at radius 2 is 2.24 bits per heavy atom. The fourth-order valence-electron chi connectivity index (χ4n) is 1.70. The SMILES string of the molecule is CCCNc1nccc(C(=O)NCc2ccc(Br)s2)c1F. The number of aromatic nitrogens is 1. The number of anilines is 1. The van der Waals surface area contributed by atoms with Crippen molar-refractivity contribution < 1.29 is 9.18 Å². The van der Waals surface area contributed by atoms with Crippen molar-refractivity contribution in [1.82, 2.24) is 10.3 Å². The maximum atomic E-state index is 14.2. The molecule has 0 spiro atoms. The van der Waals surface area contributed by atoms with Crippen LogP contribution in [0.1, 0.15) is 28.6 Å². The summed E-state index contributed by atoms with van der Waals surface area (Å²) in [4.78, 5) is 17.0. The lowest BCUT2D eigenvalue weighted by molar-refractivity contribution is 0.0947. The summed E-state index contributed by atoms with van der Waals surface area (Å²) in [5.41, 5.74) is -0.000718. The first-order valence-corrected chi connectivity index (χ1v) is 8.13. The maximum absolute atomic E-state index is 14.2. The van der Waals surface area contributed by atoms with E-state index < -0.39 is 11.7 Å². The summed E-state index contributed by atoms with van der Waals surface area (Å²) < 4.78 is 15.2. The normalized spacial score (nSPS) is 10.4. The van der Waals surface area contributed by atoms with Crippen molar-refractivity contribution in [2.45, 2.75) is 19.9 Å². The van der Waals surface area contributed by atoms with Crippen LogP contribution in [0.5, 0.6) is 0 Å². The predicted molar refractivity (Wildman–Crippen MR) is 86.2 cm³/mol. The lowest BCUT2D eigenvalue weighted by atomic mass is 10.2. The van der Waals surface area contributed by atoms with E-state index in [0.29, 0.717) is 13.1 Å². The molecule has 0 aliphatic heterocycles. The first-order valence-electron chi connectivity index (χ1n) is 6.52. The van der Waals surface area contributed by atoms with Gasteiger partial charge in [-0.2, -0.15) is 0 Å². The molecule has 0 aromatic carbocycles. The minimum absolute atomic E-state index is 0.000718. The summed E-state index contributed by atoms with van der Waals surface area (Å²) in [6.45, 7) is 2.95. The van der Waals surface area contributed by atoms with Crippen LogP contribution < -0.4 is 10.6 Å². The van der Waals surface area contributed by atoms with E-state index in [1.807, 2.05) is 19.1 Å². The molecule has 2 rings (SSSR count). The van der Waals surface area contributed by atoms with Crippen molar-refractivity contribution in [1.29, 1.82) is 0 Å². The number of nitrogens with zero attached hydrogens (tertiary/aromatic N) is 1. The molecule has 21 heavy (non-hydrogen) atoms. The van der Waals surface area contributed by atoms with Crippen LogP contribution in [0.4, 0.5) is 10.2 Å². The van der Waals surface area contributed by atoms with E-state index in [9.17, 15) is 9.18 Å². The number of rotatable bonds is 6. The Morgan fingerprint density at radius 1 is 1.43 bits per heavy atom. The lowest BCUT2D eigenvalue weighted by Crippen LogP contribution is -2.24. The van der Waals surface area contributed by atoms with Gasteiger partial charge in [0.15, 0.2) is 11.6 Å². The van der Waals surface area contributed by atoms with Crippen molar-refractivity contribution >= 4 is 39.0 Å². The minimum atomic E-state index is -0.615. The van der Waals surface area contributed by atoms with Crippen LogP contribution >= 0.6 is 27.3 Å². The number of pyridine rings is 1. The zero-order valence-corrected chi connectivity index (χ0v) is 13.9. The van der Waals surface area contributed by atoms with Gasteiger partial charge in [-0.1, -0.05) is 6.92 Å². The second-order valence-electron chi connectivity index (χ2n) is 4.34. The van der Waals surface area contributed by atoms with Gasteiger partial charge in [0.2, 0.25) is 0 Å². The van der Waals surface area contributed by atoms with E-state index in [-0.39, 0.29) is 11.4 Å². The molecule has 2 N–H and O–H groups in total. The fraction of sp³-hybridized carbons (Fsp3) is 0.286. The molecule has 0 radical (unpaired) electrons. The number of hydrogen-bond donors (Lipinski definition) is 2. The molecule has 0 saturated heterocycles. The van der Waals surface area contributed by atoms with Gasteiger partial charge in [-0.25, -0.2) is 9.37 Å². The van der Waals surface area contributed by atoms with E-state index in [1.165, 1.54) is 23.6 Å². The number of halogens is 2. The Balaban J connectivity index is 2.04. The van der Waals surface area contributed by atoms with Crippen LogP contribution in [0.2, 0.25) is 0 Å². The number of thiophene rings is 1. The van der Waals surface area contributed by atoms with Gasteiger partial charge in [-0.15, -0.1) is 11.3 Å². The number of hydrogen-bond acceptors (Lipinski definition) is 4. The van der Waals surface area contributed by atoms with Crippen molar-refractivity contribution in [3.05, 3.63) is 44.4 Å². The lowest BCUT2D eigenvalue weighted by Gasteiger charge is -2.09. The number of nitrogens with one attached hydrogen (secondary N) is 2. The highest BCUT2D eigenvalue weighted by Gasteiger charge is 2.15. The summed E-state index contributed by atoms with van der Waals surface area (Å²) in [5.74, 6) is -0.946. The molecule has 112 valence electrons. The van der Waals surface area contributed by atoms with Crippen molar-refractivity contribution in [2.24, 2.45) is 0 Å². The fourth-order valence-corrected chi connectivity index (χ4v) is 3.12. The van der Waals surface area contributed by atoms with Crippen molar-refractivity contribution in [2.75, 3.05) is 11.9 Å². The van der Waals surface area contributed by atoms with E-state index >= 15 is 0 Å². The molecule has 0 bridgehead atoms. The average molecular weight is 372 g/mol. The number of carbonyl (C=O) groups is 1. The molecule has 2 aromatic heterocycles. The molecule has 0 aliphatic carbocycles. The molecule has 4 nitrogen and oxygen atoms in total. The molecule has 7 heteroatoms. The van der Waals surface area contributed by atoms with Gasteiger partial charge >= 0.3 is 0 Å². The quantitative estimate of drug-likeness (QED) is 0.811. The molecular weight excluding hydrogens is 357 g/mol. The van der Waals surface area contributed by atoms with E-state index in [4.69, 9.17) is 0 Å². The van der Waals surface area contributed by atoms with Crippen LogP contribution in [0.25, 0.3) is 0 Å². The first kappa shape index (κ1) is 15.9. The van der Waals surface area contributed by atoms with Gasteiger partial charge in [0.05, 0.1) is 15.9 Å². The first-order chi connectivity index (χ1) is 10.1. The molecule has 2 aromatic rings. The van der Waals surface area contributed by atoms with Crippen molar-refractivity contribution in [3.8, 4) is 0 Å². The topological polar surface area (TPSA) is 54.0 Å². The summed E-state index contributed by atoms with van der Waals surface area (Å²) in [6, 6.07) is 5.20. The Morgan fingerprint density at radius 3 is 2.90 bits per heavy atom. The van der Waals surface area contributed by atoms with E-state index in [0.717, 1.165) is 15.1 Å². The highest BCUT2D eigenvalue weighted by Crippen LogP contribution is 2.22. The van der Waals surface area contributed by atoms with Crippen LogP contribution in [0.3, 0.4) is 0 Å². The van der Waals surface area contributed by atoms with Crippen LogP contribution in [-0.4, -0.2) is 17.4 Å². The highest BCUT2D eigenvalue weighted by molar-refractivity contribution is 9.11. The molecule has 0 atom stereocenters. The third-order valence-corrected chi connectivity index (χ3v) is 4.35. The predicted octanol–water partition coefficient (Wildman–Crippen LogP) is 3.80. The molecule has 0 unspecified atom stereocenters.